The third kappa shape index (κ3) is 3.76. The van der Waals surface area contributed by atoms with E-state index in [9.17, 15) is 0 Å². The van der Waals surface area contributed by atoms with Crippen molar-refractivity contribution >= 4 is 0 Å². The number of rotatable bonds is 3. The van der Waals surface area contributed by atoms with Crippen LogP contribution >= 0.6 is 0 Å². The second-order valence-corrected chi connectivity index (χ2v) is 9.00. The smallest absolute Gasteiger partial charge is 0.0656 e. The summed E-state index contributed by atoms with van der Waals surface area (Å²) in [5.74, 6) is 0. The van der Waals surface area contributed by atoms with E-state index in [-0.39, 0.29) is 5.41 Å². The molecular formula is C25H34N2. The molecule has 0 aromatic carbocycles. The lowest BCUT2D eigenvalue weighted by atomic mass is 9.81. The van der Waals surface area contributed by atoms with E-state index in [0.717, 1.165) is 24.1 Å². The third-order valence-electron chi connectivity index (χ3n) is 5.79. The summed E-state index contributed by atoms with van der Waals surface area (Å²) in [6.45, 7) is 18.5. The first-order valence-corrected chi connectivity index (χ1v) is 10.1. The highest BCUT2D eigenvalue weighted by molar-refractivity contribution is 5.56. The molecule has 0 amide bonds. The first-order valence-electron chi connectivity index (χ1n) is 10.1. The van der Waals surface area contributed by atoms with Gasteiger partial charge in [0, 0.05) is 19.8 Å². The first kappa shape index (κ1) is 19.5. The zero-order valence-corrected chi connectivity index (χ0v) is 17.7. The zero-order chi connectivity index (χ0) is 19.8. The van der Waals surface area contributed by atoms with E-state index in [2.05, 4.69) is 88.2 Å². The Balaban J connectivity index is 2.09. The fourth-order valence-electron chi connectivity index (χ4n) is 4.31. The van der Waals surface area contributed by atoms with E-state index in [1.165, 1.54) is 35.4 Å². The lowest BCUT2D eigenvalue weighted by Gasteiger charge is -2.51. The Labute approximate surface area is 165 Å². The summed E-state index contributed by atoms with van der Waals surface area (Å²) in [7, 11) is 2.24. The number of allylic oxidation sites excluding steroid dienone is 9. The van der Waals surface area contributed by atoms with Gasteiger partial charge >= 0.3 is 0 Å². The standard InChI is InChI=1S/C25H34N2/c1-8-11-19-12-10-13-21(15-19)24-22-14-18(3)20(9-2)16-27(22)23(17-26(24)7)25(4,5)6/h9-10,12-14,16,23H,2-3,8,11,15,17H2,1,4-7H3/b24-21-. The summed E-state index contributed by atoms with van der Waals surface area (Å²) in [6, 6.07) is 0.402. The summed E-state index contributed by atoms with van der Waals surface area (Å²) >= 11 is 0. The summed E-state index contributed by atoms with van der Waals surface area (Å²) in [4.78, 5) is 4.92. The third-order valence-corrected chi connectivity index (χ3v) is 5.79. The predicted molar refractivity (Wildman–Crippen MR) is 117 cm³/mol. The van der Waals surface area contributed by atoms with Gasteiger partial charge in [0.25, 0.3) is 0 Å². The quantitative estimate of drug-likeness (QED) is 0.597. The van der Waals surface area contributed by atoms with Crippen LogP contribution in [0.4, 0.5) is 0 Å². The molecule has 0 spiro atoms. The molecule has 2 heteroatoms. The van der Waals surface area contributed by atoms with Crippen LogP contribution in [-0.4, -0.2) is 29.4 Å². The van der Waals surface area contributed by atoms with E-state index < -0.39 is 0 Å². The van der Waals surface area contributed by atoms with Crippen LogP contribution < -0.4 is 0 Å². The molecule has 0 aromatic heterocycles. The number of fused-ring (bicyclic) bond motifs is 1. The van der Waals surface area contributed by atoms with E-state index in [1.54, 1.807) is 0 Å². The van der Waals surface area contributed by atoms with Gasteiger partial charge in [0.1, 0.15) is 0 Å². The molecule has 0 bridgehead atoms. The van der Waals surface area contributed by atoms with Crippen LogP contribution in [0.2, 0.25) is 0 Å². The minimum Gasteiger partial charge on any atom is -0.371 e. The molecule has 3 rings (SSSR count). The molecule has 1 atom stereocenters. The second kappa shape index (κ2) is 7.42. The molecule has 0 radical (unpaired) electrons. The van der Waals surface area contributed by atoms with E-state index >= 15 is 0 Å². The Morgan fingerprint density at radius 3 is 2.67 bits per heavy atom. The average molecular weight is 363 g/mol. The molecule has 27 heavy (non-hydrogen) atoms. The minimum atomic E-state index is 0.167. The molecule has 1 aliphatic carbocycles. The van der Waals surface area contributed by atoms with Crippen molar-refractivity contribution in [3.63, 3.8) is 0 Å². The number of piperazine rings is 1. The lowest BCUT2D eigenvalue weighted by molar-refractivity contribution is 0.112. The Kier molecular flexibility index (Phi) is 5.37. The van der Waals surface area contributed by atoms with Gasteiger partial charge in [-0.15, -0.1) is 0 Å². The van der Waals surface area contributed by atoms with Crippen molar-refractivity contribution in [3.8, 4) is 0 Å². The highest BCUT2D eigenvalue weighted by Crippen LogP contribution is 2.42. The molecule has 1 saturated heterocycles. The fourth-order valence-corrected chi connectivity index (χ4v) is 4.31. The Morgan fingerprint density at radius 2 is 2.04 bits per heavy atom. The number of hydrogen-bond donors (Lipinski definition) is 0. The van der Waals surface area contributed by atoms with E-state index in [0.29, 0.717) is 6.04 Å². The van der Waals surface area contributed by atoms with Crippen molar-refractivity contribution in [1.29, 1.82) is 0 Å². The lowest BCUT2D eigenvalue weighted by Crippen LogP contribution is -2.53. The number of hydrogen-bond acceptors (Lipinski definition) is 2. The summed E-state index contributed by atoms with van der Waals surface area (Å²) in [6.07, 6.45) is 16.6. The molecule has 1 unspecified atom stereocenters. The van der Waals surface area contributed by atoms with Gasteiger partial charge in [0.05, 0.1) is 17.4 Å². The number of likely N-dealkylation sites (N-methyl/N-ethyl adjacent to an activating group) is 1. The van der Waals surface area contributed by atoms with Gasteiger partial charge < -0.3 is 9.80 Å². The van der Waals surface area contributed by atoms with Gasteiger partial charge in [0.15, 0.2) is 0 Å². The maximum atomic E-state index is 4.28. The Bertz CT molecular complexity index is 793. The molecule has 144 valence electrons. The van der Waals surface area contributed by atoms with Gasteiger partial charge in [-0.05, 0) is 41.1 Å². The number of nitrogens with zero attached hydrogens (tertiary/aromatic N) is 2. The molecular weight excluding hydrogens is 328 g/mol. The van der Waals surface area contributed by atoms with Crippen LogP contribution in [0.15, 0.2) is 83.4 Å². The van der Waals surface area contributed by atoms with Gasteiger partial charge in [-0.1, -0.05) is 77.2 Å². The first-order chi connectivity index (χ1) is 12.8. The van der Waals surface area contributed by atoms with E-state index in [1.807, 2.05) is 6.08 Å². The van der Waals surface area contributed by atoms with Crippen molar-refractivity contribution in [2.45, 2.75) is 53.0 Å². The van der Waals surface area contributed by atoms with Crippen molar-refractivity contribution in [1.82, 2.24) is 9.80 Å². The van der Waals surface area contributed by atoms with Crippen LogP contribution in [0.25, 0.3) is 0 Å². The fraction of sp³-hybridized carbons (Fsp3) is 0.440. The SMILES string of the molecule is C=CC1=CN2C(=CC1=C)/C(=C1\C=CC=C(CCC)C1)N(C)CC2C(C)(C)C. The van der Waals surface area contributed by atoms with Crippen molar-refractivity contribution in [2.24, 2.45) is 5.41 Å². The molecule has 3 aliphatic rings. The largest absolute Gasteiger partial charge is 0.371 e. The van der Waals surface area contributed by atoms with Crippen molar-refractivity contribution in [2.75, 3.05) is 13.6 Å². The molecule has 1 fully saturated rings. The maximum absolute atomic E-state index is 4.28. The molecule has 2 nitrogen and oxygen atoms in total. The van der Waals surface area contributed by atoms with Crippen LogP contribution in [-0.2, 0) is 0 Å². The van der Waals surface area contributed by atoms with Crippen LogP contribution in [0.1, 0.15) is 47.0 Å². The maximum Gasteiger partial charge on any atom is 0.0656 e. The normalized spacial score (nSPS) is 25.7. The minimum absolute atomic E-state index is 0.167. The van der Waals surface area contributed by atoms with Gasteiger partial charge in [-0.2, -0.15) is 0 Å². The molecule has 0 N–H and O–H groups in total. The highest BCUT2D eigenvalue weighted by Gasteiger charge is 2.40. The molecule has 2 aliphatic heterocycles. The zero-order valence-electron chi connectivity index (χ0n) is 17.7. The monoisotopic (exact) mass is 362 g/mol. The second-order valence-electron chi connectivity index (χ2n) is 9.00. The van der Waals surface area contributed by atoms with E-state index in [4.69, 9.17) is 0 Å². The van der Waals surface area contributed by atoms with Gasteiger partial charge in [0.2, 0.25) is 0 Å². The van der Waals surface area contributed by atoms with Crippen molar-refractivity contribution < 1.29 is 0 Å². The van der Waals surface area contributed by atoms with Crippen molar-refractivity contribution in [3.05, 3.63) is 83.4 Å². The molecule has 0 aromatic rings. The Morgan fingerprint density at radius 1 is 1.30 bits per heavy atom. The van der Waals surface area contributed by atoms with Gasteiger partial charge in [-0.3, -0.25) is 0 Å². The van der Waals surface area contributed by atoms with Crippen LogP contribution in [0, 0.1) is 5.41 Å². The molecule has 0 saturated carbocycles. The average Bonchev–Trinajstić information content (AvgIpc) is 2.60. The van der Waals surface area contributed by atoms with Gasteiger partial charge in [-0.25, -0.2) is 0 Å². The Hall–Kier alpha value is -2.22. The summed E-state index contributed by atoms with van der Waals surface area (Å²) < 4.78 is 0. The predicted octanol–water partition coefficient (Wildman–Crippen LogP) is 6.11. The topological polar surface area (TPSA) is 6.48 Å². The molecule has 2 heterocycles. The van der Waals surface area contributed by atoms with Crippen LogP contribution in [0.5, 0.6) is 0 Å². The van der Waals surface area contributed by atoms with Crippen LogP contribution in [0.3, 0.4) is 0 Å². The highest BCUT2D eigenvalue weighted by atomic mass is 15.3. The summed E-state index contributed by atoms with van der Waals surface area (Å²) in [5.41, 5.74) is 7.88. The summed E-state index contributed by atoms with van der Waals surface area (Å²) in [5, 5.41) is 0.